The third kappa shape index (κ3) is 1.75. The number of nitrogens with zero attached hydrogens (tertiary/aromatic N) is 4. The van der Waals surface area contributed by atoms with Crippen LogP contribution in [0.15, 0.2) is 36.4 Å². The van der Waals surface area contributed by atoms with Crippen LogP contribution in [0.25, 0.3) is 16.9 Å². The van der Waals surface area contributed by atoms with Crippen LogP contribution >= 0.6 is 11.6 Å². The second kappa shape index (κ2) is 4.38. The molecule has 0 N–H and O–H groups in total. The Morgan fingerprint density at radius 2 is 1.94 bits per heavy atom. The molecule has 0 amide bonds. The van der Waals surface area contributed by atoms with Crippen molar-refractivity contribution in [2.75, 3.05) is 0 Å². The van der Waals surface area contributed by atoms with Gasteiger partial charge in [0.2, 0.25) is 0 Å². The maximum Gasteiger partial charge on any atom is 0.177 e. The Bertz CT molecular complexity index is 705. The lowest BCUT2D eigenvalue weighted by Crippen LogP contribution is -1.99. The van der Waals surface area contributed by atoms with Crippen LogP contribution in [0.4, 0.5) is 0 Å². The normalized spacial score (nSPS) is 11.0. The molecule has 3 rings (SSSR count). The van der Waals surface area contributed by atoms with Crippen molar-refractivity contribution in [1.82, 2.24) is 19.8 Å². The Labute approximate surface area is 109 Å². The van der Waals surface area contributed by atoms with Gasteiger partial charge in [0.25, 0.3) is 0 Å². The molecule has 1 aromatic carbocycles. The van der Waals surface area contributed by atoms with Crippen molar-refractivity contribution in [1.29, 1.82) is 0 Å². The highest BCUT2D eigenvalue weighted by molar-refractivity contribution is 6.33. The summed E-state index contributed by atoms with van der Waals surface area (Å²) < 4.78 is 1.76. The lowest BCUT2D eigenvalue weighted by Gasteiger charge is -2.04. The molecule has 0 spiro atoms. The molecule has 4 nitrogen and oxygen atoms in total. The van der Waals surface area contributed by atoms with E-state index in [0.29, 0.717) is 5.02 Å². The second-order valence-corrected chi connectivity index (χ2v) is 4.35. The van der Waals surface area contributed by atoms with Crippen LogP contribution in [-0.4, -0.2) is 19.8 Å². The zero-order valence-corrected chi connectivity index (χ0v) is 10.6. The first-order valence-corrected chi connectivity index (χ1v) is 6.13. The summed E-state index contributed by atoms with van der Waals surface area (Å²) in [5, 5.41) is 13.4. The van der Waals surface area contributed by atoms with Crippen molar-refractivity contribution in [3.63, 3.8) is 0 Å². The molecule has 0 unspecified atom stereocenters. The second-order valence-electron chi connectivity index (χ2n) is 3.94. The van der Waals surface area contributed by atoms with Gasteiger partial charge in [-0.15, -0.1) is 10.2 Å². The number of hydrogen-bond donors (Lipinski definition) is 0. The molecule has 0 radical (unpaired) electrons. The Hall–Kier alpha value is -1.94. The van der Waals surface area contributed by atoms with E-state index in [2.05, 4.69) is 15.3 Å². The average Bonchev–Trinajstić information content (AvgIpc) is 2.81. The summed E-state index contributed by atoms with van der Waals surface area (Å²) in [6.45, 7) is 2.03. The predicted octanol–water partition coefficient (Wildman–Crippen LogP) is 3.01. The fourth-order valence-electron chi connectivity index (χ4n) is 1.87. The van der Waals surface area contributed by atoms with Gasteiger partial charge in [0.15, 0.2) is 11.5 Å². The lowest BCUT2D eigenvalue weighted by atomic mass is 10.1. The van der Waals surface area contributed by atoms with Crippen molar-refractivity contribution in [3.8, 4) is 11.3 Å². The maximum absolute atomic E-state index is 6.18. The van der Waals surface area contributed by atoms with Crippen molar-refractivity contribution >= 4 is 17.2 Å². The van der Waals surface area contributed by atoms with E-state index in [1.165, 1.54) is 0 Å². The molecular weight excluding hydrogens is 248 g/mol. The van der Waals surface area contributed by atoms with Crippen LogP contribution < -0.4 is 0 Å². The van der Waals surface area contributed by atoms with Gasteiger partial charge in [-0.1, -0.05) is 36.7 Å². The third-order valence-electron chi connectivity index (χ3n) is 2.79. The maximum atomic E-state index is 6.18. The summed E-state index contributed by atoms with van der Waals surface area (Å²) in [4.78, 5) is 0. The molecule has 0 aliphatic heterocycles. The Morgan fingerprint density at radius 1 is 1.11 bits per heavy atom. The molecule has 0 saturated heterocycles. The quantitative estimate of drug-likeness (QED) is 0.710. The van der Waals surface area contributed by atoms with Gasteiger partial charge in [0.1, 0.15) is 0 Å². The van der Waals surface area contributed by atoms with Gasteiger partial charge in [0, 0.05) is 12.0 Å². The van der Waals surface area contributed by atoms with E-state index in [4.69, 9.17) is 11.6 Å². The molecule has 18 heavy (non-hydrogen) atoms. The Kier molecular flexibility index (Phi) is 2.72. The highest BCUT2D eigenvalue weighted by atomic mass is 35.5. The van der Waals surface area contributed by atoms with Gasteiger partial charge in [-0.2, -0.15) is 9.61 Å². The van der Waals surface area contributed by atoms with Crippen LogP contribution in [0.3, 0.4) is 0 Å². The van der Waals surface area contributed by atoms with Gasteiger partial charge < -0.3 is 0 Å². The molecule has 0 saturated carbocycles. The molecule has 90 valence electrons. The van der Waals surface area contributed by atoms with E-state index in [0.717, 1.165) is 29.1 Å². The summed E-state index contributed by atoms with van der Waals surface area (Å²) in [5.74, 6) is 0.846. The van der Waals surface area contributed by atoms with E-state index in [9.17, 15) is 0 Å². The van der Waals surface area contributed by atoms with E-state index in [1.54, 1.807) is 4.52 Å². The molecule has 0 fully saturated rings. The van der Waals surface area contributed by atoms with Gasteiger partial charge in [-0.3, -0.25) is 0 Å². The highest BCUT2D eigenvalue weighted by Gasteiger charge is 2.08. The molecular formula is C13H11ClN4. The van der Waals surface area contributed by atoms with Crippen LogP contribution in [0, 0.1) is 0 Å². The smallest absolute Gasteiger partial charge is 0.177 e. The molecule has 5 heteroatoms. The zero-order chi connectivity index (χ0) is 12.5. The Morgan fingerprint density at radius 3 is 2.72 bits per heavy atom. The average molecular weight is 259 g/mol. The number of fused-ring (bicyclic) bond motifs is 1. The topological polar surface area (TPSA) is 43.1 Å². The molecule has 2 heterocycles. The number of aromatic nitrogens is 4. The summed E-state index contributed by atoms with van der Waals surface area (Å²) >= 11 is 6.18. The fraction of sp³-hybridized carbons (Fsp3) is 0.154. The minimum atomic E-state index is 0.690. The lowest BCUT2D eigenvalue weighted by molar-refractivity contribution is 0.827. The fourth-order valence-corrected chi connectivity index (χ4v) is 2.10. The van der Waals surface area contributed by atoms with Crippen molar-refractivity contribution in [2.45, 2.75) is 13.3 Å². The van der Waals surface area contributed by atoms with Gasteiger partial charge in [0.05, 0.1) is 10.7 Å². The number of rotatable bonds is 2. The standard InChI is InChI=1S/C13H11ClN4/c1-2-12-15-16-13-8-7-11(17-18(12)13)9-5-3-4-6-10(9)14/h3-8H,2H2,1H3. The predicted molar refractivity (Wildman–Crippen MR) is 70.6 cm³/mol. The number of hydrogen-bond acceptors (Lipinski definition) is 3. The van der Waals surface area contributed by atoms with E-state index >= 15 is 0 Å². The molecule has 0 aliphatic carbocycles. The number of halogens is 1. The summed E-state index contributed by atoms with van der Waals surface area (Å²) in [5.41, 5.74) is 2.49. The van der Waals surface area contributed by atoms with Gasteiger partial charge in [-0.25, -0.2) is 0 Å². The van der Waals surface area contributed by atoms with Crippen LogP contribution in [-0.2, 0) is 6.42 Å². The van der Waals surface area contributed by atoms with Crippen LogP contribution in [0.2, 0.25) is 5.02 Å². The van der Waals surface area contributed by atoms with Gasteiger partial charge in [-0.05, 0) is 18.2 Å². The number of benzene rings is 1. The van der Waals surface area contributed by atoms with Crippen molar-refractivity contribution < 1.29 is 0 Å². The first-order valence-electron chi connectivity index (χ1n) is 5.76. The van der Waals surface area contributed by atoms with Crippen LogP contribution in [0.5, 0.6) is 0 Å². The first-order chi connectivity index (χ1) is 8.79. The third-order valence-corrected chi connectivity index (χ3v) is 3.12. The van der Waals surface area contributed by atoms with Gasteiger partial charge >= 0.3 is 0 Å². The zero-order valence-electron chi connectivity index (χ0n) is 9.84. The molecule has 2 aromatic heterocycles. The largest absolute Gasteiger partial charge is 0.197 e. The summed E-state index contributed by atoms with van der Waals surface area (Å²) in [6, 6.07) is 11.5. The minimum absolute atomic E-state index is 0.690. The van der Waals surface area contributed by atoms with E-state index in [-0.39, 0.29) is 0 Å². The molecule has 3 aromatic rings. The molecule has 0 bridgehead atoms. The summed E-state index contributed by atoms with van der Waals surface area (Å²) in [6.07, 6.45) is 0.792. The first kappa shape index (κ1) is 11.2. The molecule has 0 atom stereocenters. The minimum Gasteiger partial charge on any atom is -0.197 e. The van der Waals surface area contributed by atoms with Crippen molar-refractivity contribution in [3.05, 3.63) is 47.2 Å². The van der Waals surface area contributed by atoms with Crippen LogP contribution in [0.1, 0.15) is 12.7 Å². The SMILES string of the molecule is CCc1nnc2ccc(-c3ccccc3Cl)nn12. The monoisotopic (exact) mass is 258 g/mol. The van der Waals surface area contributed by atoms with E-state index in [1.807, 2.05) is 43.3 Å². The molecule has 0 aliphatic rings. The number of aryl methyl sites for hydroxylation is 1. The van der Waals surface area contributed by atoms with Crippen molar-refractivity contribution in [2.24, 2.45) is 0 Å². The highest BCUT2D eigenvalue weighted by Crippen LogP contribution is 2.25. The summed E-state index contributed by atoms with van der Waals surface area (Å²) in [7, 11) is 0. The van der Waals surface area contributed by atoms with E-state index < -0.39 is 0 Å². The Balaban J connectivity index is 2.21.